The first kappa shape index (κ1) is 17.9. The molecule has 2 rings (SSSR count). The predicted octanol–water partition coefficient (Wildman–Crippen LogP) is 2.90. The van der Waals surface area contributed by atoms with Gasteiger partial charge in [-0.3, -0.25) is 0 Å². The van der Waals surface area contributed by atoms with Crippen LogP contribution in [-0.4, -0.2) is 30.5 Å². The van der Waals surface area contributed by atoms with Crippen molar-refractivity contribution >= 4 is 6.29 Å². The summed E-state index contributed by atoms with van der Waals surface area (Å²) in [7, 11) is 3.04. The van der Waals surface area contributed by atoms with Crippen LogP contribution in [0.2, 0.25) is 0 Å². The Hall–Kier alpha value is -2.47. The van der Waals surface area contributed by atoms with Gasteiger partial charge in [0, 0.05) is 12.0 Å². The van der Waals surface area contributed by atoms with Gasteiger partial charge in [-0.15, -0.1) is 0 Å². The molecule has 0 saturated carbocycles. The monoisotopic (exact) mass is 330 g/mol. The molecular formula is C18H22N2O4. The molecule has 0 aliphatic rings. The minimum atomic E-state index is -0.483. The number of nitrogens with zero attached hydrogens (tertiary/aromatic N) is 2. The average molecular weight is 330 g/mol. The largest absolute Gasteiger partial charge is 0.481 e. The summed E-state index contributed by atoms with van der Waals surface area (Å²) in [6, 6.07) is 9.98. The quantitative estimate of drug-likeness (QED) is 0.658. The van der Waals surface area contributed by atoms with Gasteiger partial charge < -0.3 is 19.0 Å². The third kappa shape index (κ3) is 4.29. The minimum absolute atomic E-state index is 0.193. The van der Waals surface area contributed by atoms with Crippen LogP contribution >= 0.6 is 0 Å². The molecule has 24 heavy (non-hydrogen) atoms. The Morgan fingerprint density at radius 3 is 2.46 bits per heavy atom. The summed E-state index contributed by atoms with van der Waals surface area (Å²) < 4.78 is 16.4. The number of aldehydes is 1. The van der Waals surface area contributed by atoms with E-state index in [0.29, 0.717) is 24.6 Å². The smallest absolute Gasteiger partial charge is 0.319 e. The van der Waals surface area contributed by atoms with Gasteiger partial charge in [-0.05, 0) is 12.0 Å². The van der Waals surface area contributed by atoms with E-state index in [2.05, 4.69) is 9.97 Å². The molecular weight excluding hydrogens is 308 g/mol. The average Bonchev–Trinajstić information content (AvgIpc) is 2.64. The number of aromatic nitrogens is 2. The van der Waals surface area contributed by atoms with Crippen LogP contribution in [0.5, 0.6) is 11.9 Å². The molecule has 0 N–H and O–H groups in total. The highest BCUT2D eigenvalue weighted by molar-refractivity contribution is 5.51. The molecule has 0 bridgehead atoms. The van der Waals surface area contributed by atoms with Gasteiger partial charge in [0.15, 0.2) is 0 Å². The first-order valence-corrected chi connectivity index (χ1v) is 7.81. The molecule has 6 nitrogen and oxygen atoms in total. The predicted molar refractivity (Wildman–Crippen MR) is 89.2 cm³/mol. The third-order valence-electron chi connectivity index (χ3n) is 3.62. The van der Waals surface area contributed by atoms with Crippen LogP contribution in [0.15, 0.2) is 30.3 Å². The second-order valence-electron chi connectivity index (χ2n) is 5.12. The maximum atomic E-state index is 11.1. The molecule has 0 amide bonds. The summed E-state index contributed by atoms with van der Waals surface area (Å²) >= 11 is 0. The Morgan fingerprint density at radius 1 is 1.12 bits per heavy atom. The summed E-state index contributed by atoms with van der Waals surface area (Å²) in [6.45, 7) is 2.36. The van der Waals surface area contributed by atoms with Gasteiger partial charge in [0.05, 0.1) is 26.5 Å². The summed E-state index contributed by atoms with van der Waals surface area (Å²) in [5, 5.41) is 0. The van der Waals surface area contributed by atoms with Crippen molar-refractivity contribution in [2.75, 3.05) is 14.2 Å². The topological polar surface area (TPSA) is 70.5 Å². The van der Waals surface area contributed by atoms with Crippen LogP contribution in [0, 0.1) is 0 Å². The lowest BCUT2D eigenvalue weighted by molar-refractivity contribution is -0.111. The molecule has 6 heteroatoms. The van der Waals surface area contributed by atoms with Gasteiger partial charge in [0.25, 0.3) is 0 Å². The Balaban J connectivity index is 2.33. The van der Waals surface area contributed by atoms with Crippen molar-refractivity contribution in [2.24, 2.45) is 0 Å². The molecule has 0 fully saturated rings. The summed E-state index contributed by atoms with van der Waals surface area (Å²) in [5.41, 5.74) is 2.47. The van der Waals surface area contributed by atoms with Gasteiger partial charge in [-0.1, -0.05) is 37.3 Å². The van der Waals surface area contributed by atoms with Crippen LogP contribution in [0.4, 0.5) is 0 Å². The Bertz CT molecular complexity index is 662. The van der Waals surface area contributed by atoms with Crippen LogP contribution in [0.1, 0.15) is 36.3 Å². The second-order valence-corrected chi connectivity index (χ2v) is 5.12. The van der Waals surface area contributed by atoms with E-state index in [-0.39, 0.29) is 12.4 Å². The third-order valence-corrected chi connectivity index (χ3v) is 3.62. The SMILES string of the molecule is CCc1c(OC)nc(OC)nc1C(CC=O)OCc1ccccc1. The molecule has 0 radical (unpaired) electrons. The van der Waals surface area contributed by atoms with E-state index >= 15 is 0 Å². The van der Waals surface area contributed by atoms with Crippen LogP contribution < -0.4 is 9.47 Å². The Kier molecular flexibility index (Phi) is 6.69. The van der Waals surface area contributed by atoms with Crippen LogP contribution in [0.25, 0.3) is 0 Å². The molecule has 0 aliphatic heterocycles. The van der Waals surface area contributed by atoms with E-state index in [4.69, 9.17) is 14.2 Å². The molecule has 0 saturated heterocycles. The van der Waals surface area contributed by atoms with Gasteiger partial charge in [-0.25, -0.2) is 0 Å². The highest BCUT2D eigenvalue weighted by Crippen LogP contribution is 2.30. The lowest BCUT2D eigenvalue weighted by atomic mass is 10.1. The van der Waals surface area contributed by atoms with Gasteiger partial charge >= 0.3 is 6.01 Å². The van der Waals surface area contributed by atoms with E-state index in [1.807, 2.05) is 37.3 Å². The fourth-order valence-electron chi connectivity index (χ4n) is 2.44. The zero-order chi connectivity index (χ0) is 17.4. The van der Waals surface area contributed by atoms with Crippen molar-refractivity contribution in [1.82, 2.24) is 9.97 Å². The highest BCUT2D eigenvalue weighted by Gasteiger charge is 2.23. The summed E-state index contributed by atoms with van der Waals surface area (Å²) in [6.07, 6.45) is 1.20. The fraction of sp³-hybridized carbons (Fsp3) is 0.389. The highest BCUT2D eigenvalue weighted by atomic mass is 16.5. The van der Waals surface area contributed by atoms with Crippen LogP contribution in [0.3, 0.4) is 0 Å². The maximum absolute atomic E-state index is 11.1. The number of carbonyl (C=O) groups is 1. The molecule has 1 atom stereocenters. The molecule has 1 aromatic carbocycles. The summed E-state index contributed by atoms with van der Waals surface area (Å²) in [5.74, 6) is 0.443. The molecule has 0 spiro atoms. The van der Waals surface area contributed by atoms with Crippen molar-refractivity contribution < 1.29 is 19.0 Å². The van der Waals surface area contributed by atoms with E-state index in [1.165, 1.54) is 7.11 Å². The number of hydrogen-bond donors (Lipinski definition) is 0. The number of rotatable bonds is 9. The minimum Gasteiger partial charge on any atom is -0.481 e. The van der Waals surface area contributed by atoms with E-state index in [1.54, 1.807) is 7.11 Å². The van der Waals surface area contributed by atoms with E-state index in [9.17, 15) is 4.79 Å². The standard InChI is InChI=1S/C18H22N2O4/c1-4-14-16(19-18(23-3)20-17(14)22-2)15(10-11-21)24-12-13-8-6-5-7-9-13/h5-9,11,15H,4,10,12H2,1-3H3. The summed E-state index contributed by atoms with van der Waals surface area (Å²) in [4.78, 5) is 19.7. The molecule has 128 valence electrons. The van der Waals surface area contributed by atoms with Crippen LogP contribution in [-0.2, 0) is 22.6 Å². The first-order chi connectivity index (χ1) is 11.7. The zero-order valence-electron chi connectivity index (χ0n) is 14.2. The van der Waals surface area contributed by atoms with Crippen molar-refractivity contribution in [3.05, 3.63) is 47.2 Å². The van der Waals surface area contributed by atoms with Gasteiger partial charge in [0.2, 0.25) is 5.88 Å². The number of methoxy groups -OCH3 is 2. The normalized spacial score (nSPS) is 11.8. The lowest BCUT2D eigenvalue weighted by Gasteiger charge is -2.20. The molecule has 2 aromatic rings. The maximum Gasteiger partial charge on any atom is 0.319 e. The zero-order valence-corrected chi connectivity index (χ0v) is 14.2. The van der Waals surface area contributed by atoms with Gasteiger partial charge in [-0.2, -0.15) is 9.97 Å². The number of benzene rings is 1. The molecule has 1 unspecified atom stereocenters. The Labute approximate surface area is 141 Å². The molecule has 1 heterocycles. The van der Waals surface area contributed by atoms with Crippen molar-refractivity contribution in [3.63, 3.8) is 0 Å². The molecule has 0 aliphatic carbocycles. The van der Waals surface area contributed by atoms with Crippen molar-refractivity contribution in [3.8, 4) is 11.9 Å². The number of carbonyl (C=O) groups excluding carboxylic acids is 1. The number of hydrogen-bond acceptors (Lipinski definition) is 6. The fourth-order valence-corrected chi connectivity index (χ4v) is 2.44. The van der Waals surface area contributed by atoms with Crippen molar-refractivity contribution in [1.29, 1.82) is 0 Å². The van der Waals surface area contributed by atoms with E-state index in [0.717, 1.165) is 17.4 Å². The van der Waals surface area contributed by atoms with Crippen molar-refractivity contribution in [2.45, 2.75) is 32.5 Å². The Morgan fingerprint density at radius 2 is 1.88 bits per heavy atom. The lowest BCUT2D eigenvalue weighted by Crippen LogP contribution is -2.13. The number of ether oxygens (including phenoxy) is 3. The first-order valence-electron chi connectivity index (χ1n) is 7.81. The second kappa shape index (κ2) is 8.98. The molecule has 1 aromatic heterocycles. The van der Waals surface area contributed by atoms with E-state index < -0.39 is 6.10 Å². The van der Waals surface area contributed by atoms with Gasteiger partial charge in [0.1, 0.15) is 12.4 Å².